The highest BCUT2D eigenvalue weighted by molar-refractivity contribution is 6.07. The van der Waals surface area contributed by atoms with E-state index in [1.165, 1.54) is 79.5 Å². The van der Waals surface area contributed by atoms with E-state index in [1.54, 1.807) is 36.7 Å². The Morgan fingerprint density at radius 2 is 1.14 bits per heavy atom. The average Bonchev–Trinajstić information content (AvgIpc) is 1.60. The highest BCUT2D eigenvalue weighted by atomic mass is 16.7. The second-order valence-electron chi connectivity index (χ2n) is 27.7. The number of aliphatic hydroxyl groups is 8. The minimum atomic E-state index is -1.68. The smallest absolute Gasteiger partial charge is 0.416 e. The molecule has 4 fully saturated rings. The van der Waals surface area contributed by atoms with Crippen LogP contribution in [0.4, 0.5) is 21.0 Å². The second kappa shape index (κ2) is 31.7. The number of hydrogen-bond acceptors (Lipinski definition) is 25. The van der Waals surface area contributed by atoms with Crippen LogP contribution in [0, 0.1) is 13.8 Å². The summed E-state index contributed by atoms with van der Waals surface area (Å²) in [5, 5.41) is 94.6. The number of amides is 5. The summed E-state index contributed by atoms with van der Waals surface area (Å²) in [6.07, 6.45) is -18.0. The molecule has 5 amide bonds. The van der Waals surface area contributed by atoms with Gasteiger partial charge in [0, 0.05) is 59.0 Å². The third-order valence-corrected chi connectivity index (χ3v) is 19.0. The van der Waals surface area contributed by atoms with Crippen molar-refractivity contribution in [3.8, 4) is 23.0 Å². The standard InChI is InChI=1S/C73H89N7O24/c1-36-20-51-67(91)78(72(94)101-32-42-14-16-56(48(25-42)64(88)74-17-19-96-10)103-69-62(86)60(84)54(82)35-99-69)49-27-57(38(3)22-45(49)65(89)76(51)29-36)97-33-43-26-44(80(75-43)73(6,7)8)34-98-58-28-50-46(23-39(58)4)66(90)77-30-37(2)21-52(77)68(92)79(50)71(93)100-31-41-13-15-55(47(24-41)53(81)12-11-18-95-9)104-70-63(87)61(85)59(83)40(5)102-70/h13-16,22-28,40,51-52,54,59-63,67-70,82-87,91-92H,1-2,11-12,17-21,29-35H2,3-10H3,(H,74,88)/t40-,51+,52+,54-,59-,60+,61+,62-,63-,67?,68?,69+,70+/m1/s1. The summed E-state index contributed by atoms with van der Waals surface area (Å²) in [4.78, 5) is 90.7. The summed E-state index contributed by atoms with van der Waals surface area (Å²) in [7, 11) is 2.95. The lowest BCUT2D eigenvalue weighted by molar-refractivity contribution is -0.268. The quantitative estimate of drug-likeness (QED) is 0.0254. The summed E-state index contributed by atoms with van der Waals surface area (Å²) in [5.74, 6) is -1.67. The lowest BCUT2D eigenvalue weighted by Crippen LogP contribution is -2.58. The lowest BCUT2D eigenvalue weighted by Gasteiger charge is -2.39. The Bertz CT molecular complexity index is 4100. The van der Waals surface area contributed by atoms with Gasteiger partial charge in [-0.3, -0.25) is 23.9 Å². The van der Waals surface area contributed by atoms with Crippen molar-refractivity contribution in [1.29, 1.82) is 0 Å². The first-order chi connectivity index (χ1) is 49.5. The number of carbonyl (C=O) groups is 6. The van der Waals surface area contributed by atoms with Gasteiger partial charge >= 0.3 is 12.2 Å². The number of Topliss-reactive ketones (excluding diaryl/α,β-unsaturated/α-hetero) is 1. The van der Waals surface area contributed by atoms with Crippen LogP contribution in [-0.2, 0) is 60.4 Å². The number of ether oxygens (including phenoxy) is 10. The summed E-state index contributed by atoms with van der Waals surface area (Å²) in [5.41, 5.74) is 3.20. The highest BCUT2D eigenvalue weighted by Crippen LogP contribution is 2.43. The first kappa shape index (κ1) is 76.1. The van der Waals surface area contributed by atoms with Crippen LogP contribution in [0.2, 0.25) is 0 Å². The molecular weight excluding hydrogens is 1360 g/mol. The molecule has 31 nitrogen and oxygen atoms in total. The number of aromatic nitrogens is 2. The van der Waals surface area contributed by atoms with E-state index in [1.807, 2.05) is 20.8 Å². The van der Waals surface area contributed by atoms with E-state index in [9.17, 15) is 69.6 Å². The van der Waals surface area contributed by atoms with Crippen molar-refractivity contribution in [1.82, 2.24) is 24.9 Å². The van der Waals surface area contributed by atoms with E-state index in [-0.39, 0.29) is 134 Å². The molecule has 0 aliphatic carbocycles. The average molecular weight is 1450 g/mol. The minimum Gasteiger partial charge on any atom is -0.487 e. The molecule has 1 aromatic heterocycles. The number of methoxy groups -OCH3 is 2. The molecule has 31 heteroatoms. The van der Waals surface area contributed by atoms with E-state index >= 15 is 0 Å². The van der Waals surface area contributed by atoms with Gasteiger partial charge in [-0.05, 0) is 126 Å². The first-order valence-electron chi connectivity index (χ1n) is 34.1. The summed E-state index contributed by atoms with van der Waals surface area (Å²) in [6, 6.07) is 14.6. The Hall–Kier alpha value is -9.09. The first-order valence-corrected chi connectivity index (χ1v) is 34.1. The number of carbonyl (C=O) groups excluding carboxylic acids is 6. The maximum Gasteiger partial charge on any atom is 0.416 e. The Morgan fingerprint density at radius 1 is 0.625 bits per heavy atom. The van der Waals surface area contributed by atoms with Crippen molar-refractivity contribution in [2.45, 2.75) is 179 Å². The van der Waals surface area contributed by atoms with Crippen molar-refractivity contribution < 1.29 is 117 Å². The minimum absolute atomic E-state index is 0.0121. The third-order valence-electron chi connectivity index (χ3n) is 19.0. The van der Waals surface area contributed by atoms with E-state index in [0.717, 1.165) is 9.80 Å². The molecule has 0 spiro atoms. The number of rotatable bonds is 23. The van der Waals surface area contributed by atoms with Crippen molar-refractivity contribution in [3.63, 3.8) is 0 Å². The molecule has 560 valence electrons. The maximum atomic E-state index is 14.7. The van der Waals surface area contributed by atoms with Crippen LogP contribution in [0.5, 0.6) is 23.0 Å². The number of hydrogen-bond donors (Lipinski definition) is 9. The number of aliphatic hydroxyl groups excluding tert-OH is 8. The van der Waals surface area contributed by atoms with Crippen LogP contribution in [0.25, 0.3) is 0 Å². The fraction of sp³-hybridized carbons (Fsp3) is 0.493. The van der Waals surface area contributed by atoms with Gasteiger partial charge in [0.15, 0.2) is 18.2 Å². The van der Waals surface area contributed by atoms with Gasteiger partial charge in [-0.25, -0.2) is 19.4 Å². The molecule has 13 atom stereocenters. The fourth-order valence-corrected chi connectivity index (χ4v) is 13.4. The van der Waals surface area contributed by atoms with Gasteiger partial charge in [-0.2, -0.15) is 5.10 Å². The molecule has 2 unspecified atom stereocenters. The van der Waals surface area contributed by atoms with Crippen LogP contribution >= 0.6 is 0 Å². The van der Waals surface area contributed by atoms with E-state index in [4.69, 9.17) is 52.5 Å². The number of nitrogens with zero attached hydrogens (tertiary/aromatic N) is 6. The molecule has 6 aliphatic rings. The number of aryl methyl sites for hydroxylation is 2. The molecule has 9 N–H and O–H groups in total. The van der Waals surface area contributed by atoms with Gasteiger partial charge in [0.2, 0.25) is 12.6 Å². The summed E-state index contributed by atoms with van der Waals surface area (Å²) < 4.78 is 59.8. The molecular formula is C73H89N7O24. The summed E-state index contributed by atoms with van der Waals surface area (Å²) in [6.45, 7) is 18.0. The number of benzene rings is 4. The number of anilines is 2. The highest BCUT2D eigenvalue weighted by Gasteiger charge is 2.49. The van der Waals surface area contributed by atoms with Crippen molar-refractivity contribution in [2.75, 3.05) is 63.5 Å². The van der Waals surface area contributed by atoms with E-state index < -0.39 is 134 Å². The van der Waals surface area contributed by atoms with E-state index in [0.29, 0.717) is 45.6 Å². The summed E-state index contributed by atoms with van der Waals surface area (Å²) >= 11 is 0. The Balaban J connectivity index is 0.828. The maximum absolute atomic E-state index is 14.7. The van der Waals surface area contributed by atoms with Crippen LogP contribution in [0.1, 0.15) is 128 Å². The zero-order valence-corrected chi connectivity index (χ0v) is 59.0. The zero-order chi connectivity index (χ0) is 74.9. The Labute approximate surface area is 599 Å². The molecule has 4 saturated heterocycles. The molecule has 6 aliphatic heterocycles. The molecule has 0 saturated carbocycles. The van der Waals surface area contributed by atoms with Gasteiger partial charge in [0.1, 0.15) is 91.7 Å². The number of fused-ring (bicyclic) bond motifs is 4. The SMILES string of the molecule is C=C1C[C@H]2C(O)N(C(=O)OCc3ccc(O[C@@H]4OC[C@@H](O)[C@H](O)[C@H]4O)c(C(=O)NCCOC)c3)c3cc(OCc4cc(COc5cc6c(cc5C)C(=O)N5CC(=C)C[C@H]5C(O)N6C(=O)OCc5ccc(O[C@@H]6O[C@H](C)[C@@H](O)[C@H](O)[C@H]6O)c(C(=O)CCCOC)c5)n(C(C)(C)C)n4)c(C)cc3C(=O)N2C1. The van der Waals surface area contributed by atoms with E-state index in [2.05, 4.69) is 18.5 Å². The second-order valence-corrected chi connectivity index (χ2v) is 27.7. The Kier molecular flexibility index (Phi) is 23.2. The molecule has 0 radical (unpaired) electrons. The molecule has 104 heavy (non-hydrogen) atoms. The van der Waals surface area contributed by atoms with Crippen LogP contribution < -0.4 is 34.1 Å². The van der Waals surface area contributed by atoms with Crippen molar-refractivity contribution >= 4 is 47.1 Å². The van der Waals surface area contributed by atoms with Crippen molar-refractivity contribution in [2.24, 2.45) is 0 Å². The lowest BCUT2D eigenvalue weighted by atomic mass is 9.99. The Morgan fingerprint density at radius 3 is 1.69 bits per heavy atom. The predicted octanol–water partition coefficient (Wildman–Crippen LogP) is 3.91. The van der Waals surface area contributed by atoms with Gasteiger partial charge in [-0.1, -0.05) is 36.4 Å². The van der Waals surface area contributed by atoms with Crippen LogP contribution in [0.3, 0.4) is 0 Å². The van der Waals surface area contributed by atoms with Gasteiger partial charge < -0.3 is 103 Å². The molecule has 7 heterocycles. The molecule has 0 bridgehead atoms. The van der Waals surface area contributed by atoms with Gasteiger partial charge in [0.25, 0.3) is 17.7 Å². The molecule has 5 aromatic rings. The monoisotopic (exact) mass is 1450 g/mol. The van der Waals surface area contributed by atoms with Crippen LogP contribution in [-0.4, -0.2) is 230 Å². The third kappa shape index (κ3) is 15.9. The van der Waals surface area contributed by atoms with Gasteiger partial charge in [-0.15, -0.1) is 0 Å². The van der Waals surface area contributed by atoms with Crippen LogP contribution in [0.15, 0.2) is 91.0 Å². The molecule has 4 aromatic carbocycles. The number of ketones is 1. The van der Waals surface area contributed by atoms with Gasteiger partial charge in [0.05, 0.1) is 76.3 Å². The molecule has 11 rings (SSSR count). The fourth-order valence-electron chi connectivity index (χ4n) is 13.4. The topological polar surface area (TPSA) is 399 Å². The number of nitrogens with one attached hydrogen (secondary N) is 1. The largest absolute Gasteiger partial charge is 0.487 e. The zero-order valence-electron chi connectivity index (χ0n) is 59.0. The normalized spacial score (nSPS) is 25.3. The predicted molar refractivity (Wildman–Crippen MR) is 367 cm³/mol. The van der Waals surface area contributed by atoms with Crippen molar-refractivity contribution in [3.05, 3.63) is 147 Å².